The van der Waals surface area contributed by atoms with Crippen molar-refractivity contribution in [3.63, 3.8) is 0 Å². The Bertz CT molecular complexity index is 1360. The summed E-state index contributed by atoms with van der Waals surface area (Å²) in [5, 5.41) is 0.251. The minimum Gasteiger partial charge on any atom is -0.497 e. The molecule has 1 unspecified atom stereocenters. The summed E-state index contributed by atoms with van der Waals surface area (Å²) in [7, 11) is 1.24. The van der Waals surface area contributed by atoms with Crippen LogP contribution in [0.25, 0.3) is 22.1 Å². The Morgan fingerprint density at radius 1 is 0.923 bits per heavy atom. The summed E-state index contributed by atoms with van der Waals surface area (Å²) in [5.74, 6) is -3.67. The first-order valence-electron chi connectivity index (χ1n) is 11.5. The molecule has 0 bridgehead atoms. The van der Waals surface area contributed by atoms with Crippen LogP contribution >= 0.6 is 0 Å². The molecule has 1 heterocycles. The van der Waals surface area contributed by atoms with Gasteiger partial charge in [-0.05, 0) is 36.2 Å². The van der Waals surface area contributed by atoms with Crippen molar-refractivity contribution in [3.8, 4) is 28.4 Å². The van der Waals surface area contributed by atoms with Crippen molar-refractivity contribution >= 4 is 16.9 Å². The third-order valence-corrected chi connectivity index (χ3v) is 5.35. The van der Waals surface area contributed by atoms with Crippen LogP contribution in [0.2, 0.25) is 0 Å². The number of rotatable bonds is 10. The molecule has 0 aliphatic rings. The summed E-state index contributed by atoms with van der Waals surface area (Å²) in [4.78, 5) is 24.3. The minimum atomic E-state index is -5.05. The molecule has 39 heavy (non-hydrogen) atoms. The number of halogens is 6. The third-order valence-electron chi connectivity index (χ3n) is 5.35. The first-order valence-corrected chi connectivity index (χ1v) is 11.5. The van der Waals surface area contributed by atoms with Crippen molar-refractivity contribution in [1.29, 1.82) is 0 Å². The average molecular weight is 562 g/mol. The zero-order valence-electron chi connectivity index (χ0n) is 20.9. The number of hydrogen-bond acceptors (Lipinski definition) is 7. The van der Waals surface area contributed by atoms with Gasteiger partial charge in [0.15, 0.2) is 0 Å². The van der Waals surface area contributed by atoms with E-state index in [1.54, 1.807) is 13.8 Å². The average Bonchev–Trinajstić information content (AvgIpc) is 2.81. The smallest absolute Gasteiger partial charge is 0.497 e. The van der Waals surface area contributed by atoms with Crippen molar-refractivity contribution in [3.05, 3.63) is 52.9 Å². The third kappa shape index (κ3) is 8.29. The maximum Gasteiger partial charge on any atom is 0.573 e. The first kappa shape index (κ1) is 29.7. The Morgan fingerprint density at radius 2 is 1.62 bits per heavy atom. The maximum absolute atomic E-state index is 13.4. The van der Waals surface area contributed by atoms with Crippen LogP contribution in [0, 0.1) is 11.8 Å². The molecule has 212 valence electrons. The molecule has 7 nitrogen and oxygen atoms in total. The van der Waals surface area contributed by atoms with E-state index in [0.29, 0.717) is 0 Å². The van der Waals surface area contributed by atoms with Gasteiger partial charge in [0, 0.05) is 29.5 Å². The highest BCUT2D eigenvalue weighted by Gasteiger charge is 2.41. The van der Waals surface area contributed by atoms with Crippen LogP contribution in [0.4, 0.5) is 26.3 Å². The van der Waals surface area contributed by atoms with Gasteiger partial charge in [0.1, 0.15) is 42.0 Å². The molecule has 3 aromatic rings. The Balaban J connectivity index is 1.84. The van der Waals surface area contributed by atoms with E-state index in [0.717, 1.165) is 6.07 Å². The predicted octanol–water partition coefficient (Wildman–Crippen LogP) is 6.51. The lowest BCUT2D eigenvalue weighted by Crippen LogP contribution is -2.33. The first-order chi connectivity index (χ1) is 18.2. The molecule has 0 aliphatic heterocycles. The molecule has 0 N–H and O–H groups in total. The van der Waals surface area contributed by atoms with E-state index in [2.05, 4.69) is 4.74 Å². The lowest BCUT2D eigenvalue weighted by Gasteiger charge is -2.21. The fraction of sp³-hybridized carbons (Fsp3) is 0.385. The summed E-state index contributed by atoms with van der Waals surface area (Å²) in [5.41, 5.74) is -1.58. The molecule has 0 amide bonds. The van der Waals surface area contributed by atoms with Crippen molar-refractivity contribution in [2.24, 2.45) is 11.8 Å². The molecule has 1 aromatic heterocycles. The normalized spacial score (nSPS) is 12.9. The predicted molar refractivity (Wildman–Crippen MR) is 127 cm³/mol. The lowest BCUT2D eigenvalue weighted by atomic mass is 10.0. The Kier molecular flexibility index (Phi) is 9.03. The van der Waals surface area contributed by atoms with E-state index < -0.39 is 49.0 Å². The van der Waals surface area contributed by atoms with Crippen LogP contribution in [0.1, 0.15) is 20.3 Å². The van der Waals surface area contributed by atoms with Crippen LogP contribution in [-0.2, 0) is 9.53 Å². The molecule has 0 fully saturated rings. The monoisotopic (exact) mass is 562 g/mol. The number of carbonyl (C=O) groups excluding carboxylic acids is 1. The number of ether oxygens (including phenoxy) is 4. The van der Waals surface area contributed by atoms with Crippen LogP contribution in [0.15, 0.2) is 51.7 Å². The zero-order valence-corrected chi connectivity index (χ0v) is 20.9. The van der Waals surface area contributed by atoms with E-state index in [1.807, 2.05) is 0 Å². The number of fused-ring (bicyclic) bond motifs is 1. The Labute approximate surface area is 218 Å². The van der Waals surface area contributed by atoms with E-state index in [1.165, 1.54) is 43.5 Å². The quantitative estimate of drug-likeness (QED) is 0.158. The summed E-state index contributed by atoms with van der Waals surface area (Å²) < 4.78 is 103. The second kappa shape index (κ2) is 11.9. The fourth-order valence-electron chi connectivity index (χ4n) is 3.45. The van der Waals surface area contributed by atoms with Crippen molar-refractivity contribution < 1.29 is 54.5 Å². The number of alkyl halides is 6. The van der Waals surface area contributed by atoms with Crippen molar-refractivity contribution in [2.45, 2.75) is 32.8 Å². The number of esters is 1. The highest BCUT2D eigenvalue weighted by Crippen LogP contribution is 2.37. The second-order valence-corrected chi connectivity index (χ2v) is 8.89. The number of methoxy groups -OCH3 is 1. The highest BCUT2D eigenvalue weighted by molar-refractivity contribution is 5.84. The van der Waals surface area contributed by atoms with Gasteiger partial charge in [-0.1, -0.05) is 13.8 Å². The van der Waals surface area contributed by atoms with E-state index in [4.69, 9.17) is 18.6 Å². The largest absolute Gasteiger partial charge is 0.573 e. The topological polar surface area (TPSA) is 84.2 Å². The summed E-state index contributed by atoms with van der Waals surface area (Å²) in [6.45, 7) is 1.64. The van der Waals surface area contributed by atoms with E-state index in [9.17, 15) is 35.9 Å². The van der Waals surface area contributed by atoms with Gasteiger partial charge in [0.25, 0.3) is 0 Å². The van der Waals surface area contributed by atoms with Crippen molar-refractivity contribution in [2.75, 3.05) is 20.3 Å². The van der Waals surface area contributed by atoms with E-state index in [-0.39, 0.29) is 45.9 Å². The van der Waals surface area contributed by atoms with Gasteiger partial charge in [-0.2, -0.15) is 13.2 Å². The van der Waals surface area contributed by atoms with Gasteiger partial charge in [0.2, 0.25) is 0 Å². The van der Waals surface area contributed by atoms with E-state index >= 15 is 0 Å². The van der Waals surface area contributed by atoms with Gasteiger partial charge in [-0.3, -0.25) is 4.79 Å². The summed E-state index contributed by atoms with van der Waals surface area (Å²) in [6, 6.07) is 8.56. The SMILES string of the molecule is COc1ccc(-c2cc3ccc(OCC(COC(=O)CC(C)C)C(F)(F)F)cc3oc2=O)c(OC(F)(F)F)c1. The molecule has 0 radical (unpaired) electrons. The molecular weight excluding hydrogens is 538 g/mol. The van der Waals surface area contributed by atoms with Gasteiger partial charge in [-0.15, -0.1) is 13.2 Å². The number of hydrogen-bond donors (Lipinski definition) is 0. The zero-order chi connectivity index (χ0) is 29.0. The molecule has 0 saturated carbocycles. The van der Waals surface area contributed by atoms with Gasteiger partial charge in [0.05, 0.1) is 12.7 Å². The van der Waals surface area contributed by atoms with Crippen LogP contribution in [0.5, 0.6) is 17.2 Å². The second-order valence-electron chi connectivity index (χ2n) is 8.89. The number of benzene rings is 2. The molecule has 2 aromatic carbocycles. The molecular formula is C26H24F6O7. The highest BCUT2D eigenvalue weighted by atomic mass is 19.4. The lowest BCUT2D eigenvalue weighted by molar-refractivity contribution is -0.274. The van der Waals surface area contributed by atoms with Crippen LogP contribution in [0.3, 0.4) is 0 Å². The molecule has 3 rings (SSSR count). The van der Waals surface area contributed by atoms with Crippen molar-refractivity contribution in [1.82, 2.24) is 0 Å². The molecule has 0 spiro atoms. The van der Waals surface area contributed by atoms with Gasteiger partial charge in [-0.25, -0.2) is 4.79 Å². The maximum atomic E-state index is 13.4. The van der Waals surface area contributed by atoms with Gasteiger partial charge < -0.3 is 23.4 Å². The number of carbonyl (C=O) groups is 1. The molecule has 1 atom stereocenters. The standard InChI is InChI=1S/C26H24F6O7/c1-14(2)8-23(33)37-13-16(25(27,28)29)12-36-18-5-4-15-9-20(24(34)38-21(15)11-18)19-7-6-17(35-3)10-22(19)39-26(30,31)32/h4-7,9-11,14,16H,8,12-13H2,1-3H3. The Hall–Kier alpha value is -3.90. The van der Waals surface area contributed by atoms with Gasteiger partial charge >= 0.3 is 24.1 Å². The van der Waals surface area contributed by atoms with Crippen LogP contribution < -0.4 is 19.8 Å². The molecule has 0 saturated heterocycles. The minimum absolute atomic E-state index is 0.0303. The summed E-state index contributed by atoms with van der Waals surface area (Å²) >= 11 is 0. The van der Waals surface area contributed by atoms with Crippen LogP contribution in [-0.4, -0.2) is 38.8 Å². The summed E-state index contributed by atoms with van der Waals surface area (Å²) in [6.07, 6.45) is -9.80. The molecule has 13 heteroatoms. The molecule has 0 aliphatic carbocycles. The fourth-order valence-corrected chi connectivity index (χ4v) is 3.45. The Morgan fingerprint density at radius 3 is 2.23 bits per heavy atom.